The van der Waals surface area contributed by atoms with Gasteiger partial charge in [-0.25, -0.2) is 0 Å². The summed E-state index contributed by atoms with van der Waals surface area (Å²) in [5.74, 6) is -1.88. The molecule has 174 valence electrons. The standard InChI is InChI=1S/C23H30N2O7/c1-16(14-24-18(3)6-7-19(24)26)12-22(29)31-10-4-5-11-32-23(30)13-17(2)15-25-20(27)8-9-21(25)28/h6-9,16-17H,3-5,10-15H2,1-2H3. The average Bonchev–Trinajstić information content (AvgIpc) is 3.20. The van der Waals surface area contributed by atoms with Crippen LogP contribution in [0.5, 0.6) is 0 Å². The first-order valence-electron chi connectivity index (χ1n) is 10.7. The van der Waals surface area contributed by atoms with Gasteiger partial charge < -0.3 is 14.4 Å². The molecular weight excluding hydrogens is 416 g/mol. The van der Waals surface area contributed by atoms with Crippen molar-refractivity contribution in [3.8, 4) is 0 Å². The minimum atomic E-state index is -0.400. The molecule has 0 aliphatic carbocycles. The number of carbonyl (C=O) groups is 5. The van der Waals surface area contributed by atoms with Gasteiger partial charge in [0.1, 0.15) is 0 Å². The summed E-state index contributed by atoms with van der Waals surface area (Å²) >= 11 is 0. The van der Waals surface area contributed by atoms with E-state index in [9.17, 15) is 24.0 Å². The SMILES string of the molecule is C=C1C=CC(=O)N1CC(C)CC(=O)OCCCCOC(=O)CC(C)CN1C(=O)C=CC1=O. The second kappa shape index (κ2) is 12.0. The summed E-state index contributed by atoms with van der Waals surface area (Å²) in [5.41, 5.74) is 0.620. The van der Waals surface area contributed by atoms with Crippen molar-refractivity contribution in [2.75, 3.05) is 26.3 Å². The fourth-order valence-electron chi connectivity index (χ4n) is 3.32. The molecule has 0 N–H and O–H groups in total. The van der Waals surface area contributed by atoms with E-state index in [1.165, 1.54) is 23.1 Å². The Labute approximate surface area is 187 Å². The van der Waals surface area contributed by atoms with Crippen molar-refractivity contribution in [3.63, 3.8) is 0 Å². The van der Waals surface area contributed by atoms with Gasteiger partial charge in [-0.1, -0.05) is 20.4 Å². The Bertz CT molecular complexity index is 726. The third-order valence-electron chi connectivity index (χ3n) is 5.02. The van der Waals surface area contributed by atoms with E-state index < -0.39 is 5.97 Å². The summed E-state index contributed by atoms with van der Waals surface area (Å²) < 4.78 is 10.4. The molecule has 2 rings (SSSR count). The van der Waals surface area contributed by atoms with Gasteiger partial charge in [0.2, 0.25) is 0 Å². The minimum Gasteiger partial charge on any atom is -0.466 e. The second-order valence-electron chi connectivity index (χ2n) is 8.16. The number of rotatable bonds is 13. The molecule has 0 radical (unpaired) electrons. The van der Waals surface area contributed by atoms with Gasteiger partial charge in [0.25, 0.3) is 17.7 Å². The van der Waals surface area contributed by atoms with Crippen LogP contribution in [-0.2, 0) is 33.4 Å². The van der Waals surface area contributed by atoms with Crippen LogP contribution in [-0.4, -0.2) is 65.8 Å². The fourth-order valence-corrected chi connectivity index (χ4v) is 3.32. The molecule has 9 nitrogen and oxygen atoms in total. The predicted octanol–water partition coefficient (Wildman–Crippen LogP) is 1.74. The van der Waals surface area contributed by atoms with Gasteiger partial charge in [-0.05, 0) is 30.8 Å². The second-order valence-corrected chi connectivity index (χ2v) is 8.16. The smallest absolute Gasteiger partial charge is 0.306 e. The Kier molecular flexibility index (Phi) is 9.37. The number of imide groups is 1. The van der Waals surface area contributed by atoms with Gasteiger partial charge in [-0.2, -0.15) is 0 Å². The van der Waals surface area contributed by atoms with Gasteiger partial charge in [0, 0.05) is 49.9 Å². The van der Waals surface area contributed by atoms with Crippen molar-refractivity contribution in [1.29, 1.82) is 0 Å². The summed E-state index contributed by atoms with van der Waals surface area (Å²) in [6.45, 7) is 8.43. The third kappa shape index (κ3) is 7.79. The predicted molar refractivity (Wildman–Crippen MR) is 115 cm³/mol. The van der Waals surface area contributed by atoms with Crippen LogP contribution in [0.15, 0.2) is 36.6 Å². The van der Waals surface area contributed by atoms with Crippen molar-refractivity contribution in [2.24, 2.45) is 11.8 Å². The molecule has 0 aromatic heterocycles. The summed E-state index contributed by atoms with van der Waals surface area (Å²) in [5, 5.41) is 0. The van der Waals surface area contributed by atoms with E-state index in [0.29, 0.717) is 25.1 Å². The van der Waals surface area contributed by atoms with Gasteiger partial charge in [0.15, 0.2) is 0 Å². The molecule has 32 heavy (non-hydrogen) atoms. The molecule has 0 bridgehead atoms. The van der Waals surface area contributed by atoms with Crippen molar-refractivity contribution in [3.05, 3.63) is 36.6 Å². The zero-order chi connectivity index (χ0) is 23.7. The molecule has 3 amide bonds. The van der Waals surface area contributed by atoms with Crippen LogP contribution in [0.3, 0.4) is 0 Å². The Morgan fingerprint density at radius 3 is 1.62 bits per heavy atom. The largest absolute Gasteiger partial charge is 0.466 e. The Hall–Kier alpha value is -3.23. The topological polar surface area (TPSA) is 110 Å². The third-order valence-corrected chi connectivity index (χ3v) is 5.02. The first-order valence-corrected chi connectivity index (χ1v) is 10.7. The molecule has 2 atom stereocenters. The maximum absolute atomic E-state index is 11.9. The summed E-state index contributed by atoms with van der Waals surface area (Å²) in [6, 6.07) is 0. The highest BCUT2D eigenvalue weighted by Crippen LogP contribution is 2.17. The fraction of sp³-hybridized carbons (Fsp3) is 0.522. The lowest BCUT2D eigenvalue weighted by Crippen LogP contribution is -2.34. The van der Waals surface area contributed by atoms with Crippen LogP contribution >= 0.6 is 0 Å². The van der Waals surface area contributed by atoms with Crippen LogP contribution in [0, 0.1) is 11.8 Å². The molecule has 0 spiro atoms. The Morgan fingerprint density at radius 1 is 0.781 bits per heavy atom. The Balaban J connectivity index is 1.50. The van der Waals surface area contributed by atoms with Gasteiger partial charge in [0.05, 0.1) is 13.2 Å². The van der Waals surface area contributed by atoms with E-state index in [1.807, 2.05) is 6.92 Å². The highest BCUT2D eigenvalue weighted by Gasteiger charge is 2.26. The summed E-state index contributed by atoms with van der Waals surface area (Å²) in [6.07, 6.45) is 6.92. The number of amides is 3. The number of allylic oxidation sites excluding steroid dienone is 1. The molecule has 2 unspecified atom stereocenters. The monoisotopic (exact) mass is 446 g/mol. The molecule has 0 saturated heterocycles. The van der Waals surface area contributed by atoms with Crippen molar-refractivity contribution in [2.45, 2.75) is 39.5 Å². The number of ether oxygens (including phenoxy) is 2. The van der Waals surface area contributed by atoms with E-state index >= 15 is 0 Å². The molecule has 2 aliphatic rings. The molecule has 2 heterocycles. The number of unbranched alkanes of at least 4 members (excludes halogenated alkanes) is 1. The molecule has 0 saturated carbocycles. The van der Waals surface area contributed by atoms with Gasteiger partial charge in [-0.15, -0.1) is 0 Å². The van der Waals surface area contributed by atoms with Crippen LogP contribution in [0.1, 0.15) is 39.5 Å². The van der Waals surface area contributed by atoms with E-state index in [2.05, 4.69) is 6.58 Å². The molecule has 9 heteroatoms. The maximum atomic E-state index is 11.9. The zero-order valence-corrected chi connectivity index (χ0v) is 18.6. The first-order chi connectivity index (χ1) is 15.2. The van der Waals surface area contributed by atoms with E-state index in [0.717, 1.165) is 4.90 Å². The quantitative estimate of drug-likeness (QED) is 0.241. The zero-order valence-electron chi connectivity index (χ0n) is 18.6. The number of hydrogen-bond donors (Lipinski definition) is 0. The number of nitrogens with zero attached hydrogens (tertiary/aromatic N) is 2. The molecule has 0 fully saturated rings. The summed E-state index contributed by atoms with van der Waals surface area (Å²) in [4.78, 5) is 61.2. The highest BCUT2D eigenvalue weighted by atomic mass is 16.5. The van der Waals surface area contributed by atoms with Crippen LogP contribution in [0.4, 0.5) is 0 Å². The normalized spacial score (nSPS) is 17.3. The highest BCUT2D eigenvalue weighted by molar-refractivity contribution is 6.12. The first kappa shape index (κ1) is 25.0. The lowest BCUT2D eigenvalue weighted by Gasteiger charge is -2.21. The van der Waals surface area contributed by atoms with E-state index in [-0.39, 0.29) is 68.1 Å². The lowest BCUT2D eigenvalue weighted by molar-refractivity contribution is -0.147. The molecule has 0 aromatic carbocycles. The molecule has 2 aliphatic heterocycles. The van der Waals surface area contributed by atoms with Gasteiger partial charge >= 0.3 is 11.9 Å². The number of esters is 2. The van der Waals surface area contributed by atoms with Crippen LogP contribution in [0.2, 0.25) is 0 Å². The average molecular weight is 447 g/mol. The lowest BCUT2D eigenvalue weighted by atomic mass is 10.1. The number of hydrogen-bond acceptors (Lipinski definition) is 7. The van der Waals surface area contributed by atoms with Crippen LogP contribution in [0.25, 0.3) is 0 Å². The number of carbonyl (C=O) groups excluding carboxylic acids is 5. The van der Waals surface area contributed by atoms with Gasteiger partial charge in [-0.3, -0.25) is 28.9 Å². The van der Waals surface area contributed by atoms with Crippen molar-refractivity contribution < 1.29 is 33.4 Å². The minimum absolute atomic E-state index is 0.0621. The van der Waals surface area contributed by atoms with Crippen molar-refractivity contribution >= 4 is 29.7 Å². The van der Waals surface area contributed by atoms with Crippen molar-refractivity contribution in [1.82, 2.24) is 9.80 Å². The maximum Gasteiger partial charge on any atom is 0.306 e. The molecule has 0 aromatic rings. The van der Waals surface area contributed by atoms with E-state index in [1.54, 1.807) is 13.0 Å². The summed E-state index contributed by atoms with van der Waals surface area (Å²) in [7, 11) is 0. The Morgan fingerprint density at radius 2 is 1.19 bits per heavy atom. The molecular formula is C23H30N2O7. The van der Waals surface area contributed by atoms with E-state index in [4.69, 9.17) is 9.47 Å². The van der Waals surface area contributed by atoms with Crippen LogP contribution < -0.4 is 0 Å².